The molecule has 0 spiro atoms. The number of esters is 1. The number of carbonyl (C=O) groups is 1. The first-order valence-corrected chi connectivity index (χ1v) is 9.88. The van der Waals surface area contributed by atoms with E-state index in [1.165, 1.54) is 13.2 Å². The zero-order valence-electron chi connectivity index (χ0n) is 17.2. The first kappa shape index (κ1) is 22.3. The molecule has 3 rings (SSSR count). The first-order chi connectivity index (χ1) is 14.4. The van der Waals surface area contributed by atoms with Crippen molar-refractivity contribution in [3.05, 3.63) is 57.9 Å². The standard InChI is InChI=1S/C22H25ClFNO5/c1-27-20(26)15-10-18(25)17(24)11-19(15)30-12-22(21(28-2)29-3)8-4-5-13-9-14(23)6-7-16(13)22/h6-7,9-11,21H,4-5,8,12,25H2,1-3H3/t22-/m0/s1. The first-order valence-electron chi connectivity index (χ1n) is 9.51. The topological polar surface area (TPSA) is 80.0 Å². The van der Waals surface area contributed by atoms with Gasteiger partial charge in [0, 0.05) is 25.3 Å². The predicted molar refractivity (Wildman–Crippen MR) is 112 cm³/mol. The zero-order chi connectivity index (χ0) is 21.9. The molecule has 0 aliphatic heterocycles. The highest BCUT2D eigenvalue weighted by Crippen LogP contribution is 2.43. The summed E-state index contributed by atoms with van der Waals surface area (Å²) >= 11 is 6.20. The van der Waals surface area contributed by atoms with Crippen molar-refractivity contribution in [2.45, 2.75) is 31.0 Å². The molecule has 6 nitrogen and oxygen atoms in total. The van der Waals surface area contributed by atoms with Crippen LogP contribution in [0.25, 0.3) is 0 Å². The van der Waals surface area contributed by atoms with Gasteiger partial charge in [-0.2, -0.15) is 0 Å². The van der Waals surface area contributed by atoms with Gasteiger partial charge in [0.25, 0.3) is 0 Å². The average Bonchev–Trinajstić information content (AvgIpc) is 2.74. The number of nitrogen functional groups attached to an aromatic ring is 1. The van der Waals surface area contributed by atoms with E-state index >= 15 is 0 Å². The Balaban J connectivity index is 2.04. The second-order valence-corrected chi connectivity index (χ2v) is 7.70. The molecule has 0 unspecified atom stereocenters. The van der Waals surface area contributed by atoms with E-state index in [-0.39, 0.29) is 23.6 Å². The van der Waals surface area contributed by atoms with Crippen LogP contribution in [0.4, 0.5) is 10.1 Å². The van der Waals surface area contributed by atoms with E-state index in [0.29, 0.717) is 11.4 Å². The fraction of sp³-hybridized carbons (Fsp3) is 0.409. The molecular formula is C22H25ClFNO5. The van der Waals surface area contributed by atoms with Gasteiger partial charge in [0.1, 0.15) is 23.7 Å². The Morgan fingerprint density at radius 3 is 2.63 bits per heavy atom. The van der Waals surface area contributed by atoms with Crippen LogP contribution in [0.1, 0.15) is 34.3 Å². The maximum absolute atomic E-state index is 14.1. The van der Waals surface area contributed by atoms with Gasteiger partial charge in [0.2, 0.25) is 0 Å². The molecule has 2 aromatic carbocycles. The number of fused-ring (bicyclic) bond motifs is 1. The molecule has 0 saturated carbocycles. The Labute approximate surface area is 180 Å². The molecule has 0 saturated heterocycles. The molecule has 2 N–H and O–H groups in total. The van der Waals surface area contributed by atoms with E-state index in [1.54, 1.807) is 14.2 Å². The van der Waals surface area contributed by atoms with E-state index in [4.69, 9.17) is 36.3 Å². The van der Waals surface area contributed by atoms with E-state index in [2.05, 4.69) is 0 Å². The molecule has 0 bridgehead atoms. The summed E-state index contributed by atoms with van der Waals surface area (Å²) in [6.45, 7) is 0.0847. The SMILES string of the molecule is COC(=O)c1cc(N)c(F)cc1OC[C@@]1(C(OC)OC)CCCc2cc(Cl)ccc21. The largest absolute Gasteiger partial charge is 0.491 e. The van der Waals surface area contributed by atoms with Crippen molar-refractivity contribution in [3.63, 3.8) is 0 Å². The number of rotatable bonds is 7. The van der Waals surface area contributed by atoms with Gasteiger partial charge in [-0.05, 0) is 48.6 Å². The molecule has 30 heavy (non-hydrogen) atoms. The Kier molecular flexibility index (Phi) is 6.85. The molecule has 0 radical (unpaired) electrons. The van der Waals surface area contributed by atoms with Crippen LogP contribution in [-0.4, -0.2) is 40.2 Å². The van der Waals surface area contributed by atoms with Crippen LogP contribution in [0.2, 0.25) is 5.02 Å². The number of carbonyl (C=O) groups excluding carboxylic acids is 1. The minimum absolute atomic E-state index is 0.0416. The van der Waals surface area contributed by atoms with Crippen LogP contribution >= 0.6 is 11.6 Å². The number of ether oxygens (including phenoxy) is 4. The van der Waals surface area contributed by atoms with Gasteiger partial charge >= 0.3 is 5.97 Å². The molecule has 162 valence electrons. The van der Waals surface area contributed by atoms with Crippen LogP contribution < -0.4 is 10.5 Å². The normalized spacial score (nSPS) is 18.2. The number of nitrogens with two attached hydrogens (primary N) is 1. The minimum Gasteiger partial charge on any atom is -0.491 e. The van der Waals surface area contributed by atoms with Crippen LogP contribution in [0.15, 0.2) is 30.3 Å². The molecule has 2 aromatic rings. The number of aryl methyl sites for hydroxylation is 1. The van der Waals surface area contributed by atoms with Gasteiger partial charge in [-0.15, -0.1) is 0 Å². The third-order valence-electron chi connectivity index (χ3n) is 5.54. The summed E-state index contributed by atoms with van der Waals surface area (Å²) in [6, 6.07) is 7.98. The van der Waals surface area contributed by atoms with E-state index in [9.17, 15) is 9.18 Å². The summed E-state index contributed by atoms with van der Waals surface area (Å²) in [7, 11) is 4.35. The van der Waals surface area contributed by atoms with E-state index in [0.717, 1.165) is 30.0 Å². The monoisotopic (exact) mass is 437 g/mol. The molecule has 1 atom stereocenters. The lowest BCUT2D eigenvalue weighted by atomic mass is 9.69. The van der Waals surface area contributed by atoms with Gasteiger partial charge in [0.05, 0.1) is 18.2 Å². The molecule has 8 heteroatoms. The summed E-state index contributed by atoms with van der Waals surface area (Å²) in [5.41, 5.74) is 6.88. The fourth-order valence-electron chi connectivity index (χ4n) is 4.16. The highest BCUT2D eigenvalue weighted by atomic mass is 35.5. The highest BCUT2D eigenvalue weighted by molar-refractivity contribution is 6.30. The van der Waals surface area contributed by atoms with Crippen LogP contribution in [0, 0.1) is 5.82 Å². The number of halogens is 2. The van der Waals surface area contributed by atoms with Crippen LogP contribution in [0.5, 0.6) is 5.75 Å². The van der Waals surface area contributed by atoms with Gasteiger partial charge in [-0.1, -0.05) is 17.7 Å². The lowest BCUT2D eigenvalue weighted by molar-refractivity contribution is -0.162. The Morgan fingerprint density at radius 1 is 1.23 bits per heavy atom. The van der Waals surface area contributed by atoms with E-state index < -0.39 is 23.5 Å². The quantitative estimate of drug-likeness (QED) is 0.398. The number of methoxy groups -OCH3 is 3. The van der Waals surface area contributed by atoms with Crippen molar-refractivity contribution in [3.8, 4) is 5.75 Å². The fourth-order valence-corrected chi connectivity index (χ4v) is 4.36. The number of hydrogen-bond acceptors (Lipinski definition) is 6. The second kappa shape index (κ2) is 9.20. The Hall–Kier alpha value is -2.35. The summed E-state index contributed by atoms with van der Waals surface area (Å²) in [5, 5.41) is 0.644. The molecule has 0 aromatic heterocycles. The molecule has 0 fully saturated rings. The van der Waals surface area contributed by atoms with Gasteiger partial charge in [0.15, 0.2) is 6.29 Å². The lowest BCUT2D eigenvalue weighted by Gasteiger charge is -2.43. The van der Waals surface area contributed by atoms with Crippen molar-refractivity contribution >= 4 is 23.3 Å². The number of anilines is 1. The van der Waals surface area contributed by atoms with Crippen LogP contribution in [0.3, 0.4) is 0 Å². The van der Waals surface area contributed by atoms with Crippen molar-refractivity contribution < 1.29 is 28.1 Å². The Morgan fingerprint density at radius 2 is 1.97 bits per heavy atom. The zero-order valence-corrected chi connectivity index (χ0v) is 17.9. The molecule has 0 heterocycles. The molecule has 1 aliphatic rings. The van der Waals surface area contributed by atoms with Gasteiger partial charge in [-0.3, -0.25) is 0 Å². The van der Waals surface area contributed by atoms with Crippen molar-refractivity contribution in [2.24, 2.45) is 0 Å². The van der Waals surface area contributed by atoms with Crippen molar-refractivity contribution in [1.29, 1.82) is 0 Å². The number of hydrogen-bond donors (Lipinski definition) is 1. The summed E-state index contributed by atoms with van der Waals surface area (Å²) in [4.78, 5) is 12.2. The van der Waals surface area contributed by atoms with Gasteiger partial charge in [-0.25, -0.2) is 9.18 Å². The second-order valence-electron chi connectivity index (χ2n) is 7.26. The summed E-state index contributed by atoms with van der Waals surface area (Å²) < 4.78 is 36.2. The lowest BCUT2D eigenvalue weighted by Crippen LogP contribution is -2.49. The minimum atomic E-state index is -0.688. The third-order valence-corrected chi connectivity index (χ3v) is 5.78. The van der Waals surface area contributed by atoms with Gasteiger partial charge < -0.3 is 24.7 Å². The maximum Gasteiger partial charge on any atom is 0.341 e. The molecule has 1 aliphatic carbocycles. The molecular weight excluding hydrogens is 413 g/mol. The highest BCUT2D eigenvalue weighted by Gasteiger charge is 2.45. The average molecular weight is 438 g/mol. The van der Waals surface area contributed by atoms with Crippen molar-refractivity contribution in [1.82, 2.24) is 0 Å². The third kappa shape index (κ3) is 4.10. The maximum atomic E-state index is 14.1. The summed E-state index contributed by atoms with van der Waals surface area (Å²) in [6.07, 6.45) is 1.80. The predicted octanol–water partition coefficient (Wildman–Crippen LogP) is 4.12. The Bertz CT molecular complexity index is 934. The van der Waals surface area contributed by atoms with E-state index in [1.807, 2.05) is 18.2 Å². The smallest absolute Gasteiger partial charge is 0.341 e. The van der Waals surface area contributed by atoms with Crippen molar-refractivity contribution in [2.75, 3.05) is 33.7 Å². The molecule has 0 amide bonds. The van der Waals surface area contributed by atoms with Crippen LogP contribution in [-0.2, 0) is 26.0 Å². The number of benzene rings is 2. The summed E-state index contributed by atoms with van der Waals surface area (Å²) in [5.74, 6) is -1.31.